The van der Waals surface area contributed by atoms with E-state index in [1.807, 2.05) is 37.3 Å². The largest absolute Gasteiger partial charge is 0.480 e. The fourth-order valence-corrected chi connectivity index (χ4v) is 2.34. The zero-order chi connectivity index (χ0) is 18.4. The molecule has 2 N–H and O–H groups in total. The summed E-state index contributed by atoms with van der Waals surface area (Å²) >= 11 is 0. The number of carboxylic acids is 1. The second-order valence-electron chi connectivity index (χ2n) is 5.87. The van der Waals surface area contributed by atoms with Crippen molar-refractivity contribution in [2.45, 2.75) is 32.9 Å². The van der Waals surface area contributed by atoms with Crippen LogP contribution in [0.1, 0.15) is 36.3 Å². The molecule has 132 valence electrons. The van der Waals surface area contributed by atoms with Crippen molar-refractivity contribution in [1.29, 1.82) is 0 Å². The Labute approximate surface area is 145 Å². The molecule has 0 aliphatic rings. The van der Waals surface area contributed by atoms with Crippen molar-refractivity contribution < 1.29 is 14.7 Å². The second kappa shape index (κ2) is 8.23. The van der Waals surface area contributed by atoms with Crippen molar-refractivity contribution in [2.75, 3.05) is 0 Å². The number of aromatic nitrogens is 2. The van der Waals surface area contributed by atoms with Gasteiger partial charge in [0.25, 0.3) is 11.5 Å². The average Bonchev–Trinajstić information content (AvgIpc) is 2.61. The number of benzene rings is 1. The fraction of sp³-hybridized carbons (Fsp3) is 0.333. The van der Waals surface area contributed by atoms with Crippen molar-refractivity contribution >= 4 is 11.9 Å². The molecule has 0 fully saturated rings. The maximum Gasteiger partial charge on any atom is 0.326 e. The first-order valence-electron chi connectivity index (χ1n) is 8.08. The maximum absolute atomic E-state index is 12.3. The molecule has 0 spiro atoms. The third-order valence-electron chi connectivity index (χ3n) is 4.04. The number of carbonyl (C=O) groups excluding carboxylic acids is 1. The monoisotopic (exact) mass is 343 g/mol. The predicted molar refractivity (Wildman–Crippen MR) is 92.4 cm³/mol. The number of carboxylic acid groups (broad SMARTS) is 1. The number of rotatable bonds is 7. The molecule has 2 atom stereocenters. The Balaban J connectivity index is 2.21. The van der Waals surface area contributed by atoms with E-state index in [9.17, 15) is 19.5 Å². The highest BCUT2D eigenvalue weighted by molar-refractivity contribution is 5.94. The van der Waals surface area contributed by atoms with Crippen LogP contribution in [0.25, 0.3) is 0 Å². The smallest absolute Gasteiger partial charge is 0.326 e. The molecule has 0 aliphatic heterocycles. The van der Waals surface area contributed by atoms with Gasteiger partial charge in [0.2, 0.25) is 0 Å². The van der Waals surface area contributed by atoms with Gasteiger partial charge >= 0.3 is 5.97 Å². The van der Waals surface area contributed by atoms with E-state index in [1.165, 1.54) is 16.8 Å². The molecule has 0 saturated carbocycles. The highest BCUT2D eigenvalue weighted by atomic mass is 16.4. The molecule has 7 nitrogen and oxygen atoms in total. The Hall–Kier alpha value is -2.96. The molecule has 2 aromatic rings. The average molecular weight is 343 g/mol. The summed E-state index contributed by atoms with van der Waals surface area (Å²) in [7, 11) is 0. The van der Waals surface area contributed by atoms with E-state index in [2.05, 4.69) is 10.4 Å². The zero-order valence-corrected chi connectivity index (χ0v) is 14.2. The molecule has 0 radical (unpaired) electrons. The SMILES string of the molecule is CCC(C)C(NC(=O)c1ccc(=O)n(Cc2ccccc2)n1)C(=O)O. The molecule has 0 aliphatic carbocycles. The summed E-state index contributed by atoms with van der Waals surface area (Å²) in [5.41, 5.74) is 0.542. The molecule has 0 saturated heterocycles. The molecule has 1 aromatic carbocycles. The molecular formula is C18H21N3O4. The number of amides is 1. The molecule has 2 rings (SSSR count). The van der Waals surface area contributed by atoms with Crippen LogP contribution in [-0.4, -0.2) is 32.8 Å². The van der Waals surface area contributed by atoms with Crippen LogP contribution in [0.4, 0.5) is 0 Å². The topological polar surface area (TPSA) is 101 Å². The van der Waals surface area contributed by atoms with Crippen molar-refractivity contribution in [1.82, 2.24) is 15.1 Å². The number of carbonyl (C=O) groups is 2. The molecule has 7 heteroatoms. The minimum Gasteiger partial charge on any atom is -0.480 e. The van der Waals surface area contributed by atoms with E-state index >= 15 is 0 Å². The highest BCUT2D eigenvalue weighted by Crippen LogP contribution is 2.09. The Morgan fingerprint density at radius 3 is 2.48 bits per heavy atom. The number of hydrogen-bond donors (Lipinski definition) is 2. The minimum atomic E-state index is -1.10. The van der Waals surface area contributed by atoms with Gasteiger partial charge in [-0.2, -0.15) is 5.10 Å². The summed E-state index contributed by atoms with van der Waals surface area (Å²) in [6, 6.07) is 10.8. The normalized spacial score (nSPS) is 13.0. The number of nitrogens with zero attached hydrogens (tertiary/aromatic N) is 2. The second-order valence-corrected chi connectivity index (χ2v) is 5.87. The van der Waals surface area contributed by atoms with E-state index in [1.54, 1.807) is 6.92 Å². The molecule has 25 heavy (non-hydrogen) atoms. The lowest BCUT2D eigenvalue weighted by molar-refractivity contribution is -0.140. The van der Waals surface area contributed by atoms with Crippen LogP contribution < -0.4 is 10.9 Å². The van der Waals surface area contributed by atoms with Gasteiger partial charge in [-0.3, -0.25) is 9.59 Å². The van der Waals surface area contributed by atoms with Gasteiger partial charge in [0.1, 0.15) is 11.7 Å². The van der Waals surface area contributed by atoms with Gasteiger partial charge in [0.15, 0.2) is 0 Å². The standard InChI is InChI=1S/C18H21N3O4/c1-3-12(2)16(18(24)25)19-17(23)14-9-10-15(22)21(20-14)11-13-7-5-4-6-8-13/h4-10,12,16H,3,11H2,1-2H3,(H,19,23)(H,24,25). The van der Waals surface area contributed by atoms with Crippen LogP contribution in [-0.2, 0) is 11.3 Å². The van der Waals surface area contributed by atoms with Crippen LogP contribution in [0.2, 0.25) is 0 Å². The highest BCUT2D eigenvalue weighted by Gasteiger charge is 2.26. The van der Waals surface area contributed by atoms with Crippen LogP contribution >= 0.6 is 0 Å². The van der Waals surface area contributed by atoms with Gasteiger partial charge < -0.3 is 10.4 Å². The van der Waals surface area contributed by atoms with Gasteiger partial charge in [0, 0.05) is 6.07 Å². The first-order chi connectivity index (χ1) is 11.9. The van der Waals surface area contributed by atoms with Crippen LogP contribution in [0.15, 0.2) is 47.3 Å². The van der Waals surface area contributed by atoms with Crippen LogP contribution in [0.3, 0.4) is 0 Å². The summed E-state index contributed by atoms with van der Waals surface area (Å²) in [5, 5.41) is 15.8. The van der Waals surface area contributed by atoms with E-state index < -0.39 is 17.9 Å². The number of hydrogen-bond acceptors (Lipinski definition) is 4. The molecular weight excluding hydrogens is 322 g/mol. The first kappa shape index (κ1) is 18.4. The first-order valence-corrected chi connectivity index (χ1v) is 8.08. The molecule has 0 bridgehead atoms. The maximum atomic E-state index is 12.3. The van der Waals surface area contributed by atoms with Crippen molar-refractivity contribution in [3.05, 3.63) is 64.1 Å². The Morgan fingerprint density at radius 1 is 1.20 bits per heavy atom. The molecule has 2 unspecified atom stereocenters. The number of aliphatic carboxylic acids is 1. The van der Waals surface area contributed by atoms with E-state index in [4.69, 9.17) is 0 Å². The zero-order valence-electron chi connectivity index (χ0n) is 14.2. The third-order valence-corrected chi connectivity index (χ3v) is 4.04. The predicted octanol–water partition coefficient (Wildman–Crippen LogP) is 1.52. The molecule has 1 aromatic heterocycles. The lowest BCUT2D eigenvalue weighted by Crippen LogP contribution is -2.45. The summed E-state index contributed by atoms with van der Waals surface area (Å²) in [6.45, 7) is 3.84. The van der Waals surface area contributed by atoms with Crippen molar-refractivity contribution in [2.24, 2.45) is 5.92 Å². The van der Waals surface area contributed by atoms with Gasteiger partial charge in [-0.05, 0) is 17.5 Å². The van der Waals surface area contributed by atoms with E-state index in [0.29, 0.717) is 6.42 Å². The lowest BCUT2D eigenvalue weighted by atomic mass is 9.99. The summed E-state index contributed by atoms with van der Waals surface area (Å²) < 4.78 is 1.18. The fourth-order valence-electron chi connectivity index (χ4n) is 2.34. The van der Waals surface area contributed by atoms with E-state index in [-0.39, 0.29) is 23.7 Å². The quantitative estimate of drug-likeness (QED) is 0.794. The lowest BCUT2D eigenvalue weighted by Gasteiger charge is -2.20. The summed E-state index contributed by atoms with van der Waals surface area (Å²) in [5.74, 6) is -1.94. The van der Waals surface area contributed by atoms with Crippen LogP contribution in [0.5, 0.6) is 0 Å². The van der Waals surface area contributed by atoms with Gasteiger partial charge in [0.05, 0.1) is 6.54 Å². The Bertz CT molecular complexity index is 801. The van der Waals surface area contributed by atoms with Crippen molar-refractivity contribution in [3.63, 3.8) is 0 Å². The summed E-state index contributed by atoms with van der Waals surface area (Å²) in [6.07, 6.45) is 0.609. The summed E-state index contributed by atoms with van der Waals surface area (Å²) in [4.78, 5) is 35.6. The Kier molecular flexibility index (Phi) is 6.05. The van der Waals surface area contributed by atoms with Crippen molar-refractivity contribution in [3.8, 4) is 0 Å². The minimum absolute atomic E-state index is 0.00471. The van der Waals surface area contributed by atoms with Gasteiger partial charge in [-0.1, -0.05) is 50.6 Å². The number of nitrogens with one attached hydrogen (secondary N) is 1. The van der Waals surface area contributed by atoms with Gasteiger partial charge in [-0.15, -0.1) is 0 Å². The van der Waals surface area contributed by atoms with E-state index in [0.717, 1.165) is 5.56 Å². The Morgan fingerprint density at radius 2 is 1.88 bits per heavy atom. The molecule has 1 amide bonds. The molecule has 1 heterocycles. The van der Waals surface area contributed by atoms with Gasteiger partial charge in [-0.25, -0.2) is 9.48 Å². The van der Waals surface area contributed by atoms with Crippen LogP contribution in [0, 0.1) is 5.92 Å². The third kappa shape index (κ3) is 4.76.